The molecule has 4 heterocycles. The lowest BCUT2D eigenvalue weighted by molar-refractivity contribution is 0.488. The smallest absolute Gasteiger partial charge is 0.256 e. The summed E-state index contributed by atoms with van der Waals surface area (Å²) in [6, 6.07) is 82.8. The number of hydrogen-bond donors (Lipinski definition) is 0. The first-order valence-corrected chi connectivity index (χ1v) is 23.6. The molecule has 318 valence electrons. The van der Waals surface area contributed by atoms with E-state index in [4.69, 9.17) is 4.74 Å². The number of anilines is 9. The number of aryl methyl sites for hydroxylation is 2. The molecule has 0 radical (unpaired) electrons. The second-order valence-electron chi connectivity index (χ2n) is 18.6. The third-order valence-electron chi connectivity index (χ3n) is 14.6. The van der Waals surface area contributed by atoms with E-state index in [1.54, 1.807) is 0 Å². The molecule has 0 amide bonds. The van der Waals surface area contributed by atoms with Crippen LogP contribution in [0.1, 0.15) is 11.1 Å². The largest absolute Gasteiger partial charge is 0.458 e. The Kier molecular flexibility index (Phi) is 8.57. The van der Waals surface area contributed by atoms with E-state index in [9.17, 15) is 0 Å². The summed E-state index contributed by atoms with van der Waals surface area (Å²) in [5.74, 6) is 1.77. The van der Waals surface area contributed by atoms with Gasteiger partial charge < -0.3 is 19.4 Å². The highest BCUT2D eigenvalue weighted by Gasteiger charge is 2.47. The summed E-state index contributed by atoms with van der Waals surface area (Å²) in [7, 11) is 0. The number of benzene rings is 10. The molecule has 4 aliphatic rings. The maximum absolute atomic E-state index is 7.44. The van der Waals surface area contributed by atoms with Crippen LogP contribution in [0.5, 0.6) is 11.5 Å². The Morgan fingerprint density at radius 1 is 0.294 bits per heavy atom. The Balaban J connectivity index is 1.06. The Morgan fingerprint density at radius 3 is 1.21 bits per heavy atom. The van der Waals surface area contributed by atoms with Gasteiger partial charge in [0.25, 0.3) is 13.4 Å². The molecule has 0 N–H and O–H groups in total. The molecule has 0 atom stereocenters. The topological polar surface area (TPSA) is 19.0 Å². The van der Waals surface area contributed by atoms with Gasteiger partial charge in [-0.1, -0.05) is 157 Å². The Bertz CT molecular complexity index is 3640. The minimum absolute atomic E-state index is 0.0621. The molecule has 0 saturated heterocycles. The highest BCUT2D eigenvalue weighted by atomic mass is 16.5. The molecule has 6 heteroatoms. The molecule has 10 aromatic rings. The summed E-state index contributed by atoms with van der Waals surface area (Å²) in [5, 5.41) is 0. The van der Waals surface area contributed by atoms with Gasteiger partial charge >= 0.3 is 0 Å². The van der Waals surface area contributed by atoms with E-state index in [1.807, 2.05) is 0 Å². The molecule has 0 fully saturated rings. The quantitative estimate of drug-likeness (QED) is 0.160. The van der Waals surface area contributed by atoms with Crippen LogP contribution >= 0.6 is 0 Å². The first-order valence-electron chi connectivity index (χ1n) is 23.6. The van der Waals surface area contributed by atoms with Crippen molar-refractivity contribution in [3.63, 3.8) is 0 Å². The fourth-order valence-electron chi connectivity index (χ4n) is 11.5. The van der Waals surface area contributed by atoms with Crippen molar-refractivity contribution in [3.05, 3.63) is 236 Å². The van der Waals surface area contributed by atoms with Crippen LogP contribution in [0.3, 0.4) is 0 Å². The fraction of sp³-hybridized carbons (Fsp3) is 0.0323. The zero-order valence-corrected chi connectivity index (χ0v) is 37.8. The number of rotatable bonds is 5. The van der Waals surface area contributed by atoms with Gasteiger partial charge in [0.15, 0.2) is 0 Å². The minimum Gasteiger partial charge on any atom is -0.458 e. The zero-order valence-electron chi connectivity index (χ0n) is 37.8. The lowest BCUT2D eigenvalue weighted by Crippen LogP contribution is -2.64. The predicted molar refractivity (Wildman–Crippen MR) is 287 cm³/mol. The number of para-hydroxylation sites is 5. The number of ether oxygens (including phenoxy) is 1. The van der Waals surface area contributed by atoms with E-state index in [1.165, 1.54) is 77.8 Å². The van der Waals surface area contributed by atoms with Gasteiger partial charge in [0, 0.05) is 57.3 Å². The Hall–Kier alpha value is -8.47. The van der Waals surface area contributed by atoms with Gasteiger partial charge in [-0.05, 0) is 142 Å². The maximum atomic E-state index is 7.44. The normalized spacial score (nSPS) is 13.4. The average molecular weight is 868 g/mol. The summed E-state index contributed by atoms with van der Waals surface area (Å²) in [6.07, 6.45) is 0. The van der Waals surface area contributed by atoms with Crippen molar-refractivity contribution in [3.8, 4) is 33.8 Å². The lowest BCUT2D eigenvalue weighted by Gasteiger charge is -2.45. The molecule has 68 heavy (non-hydrogen) atoms. The van der Waals surface area contributed by atoms with Gasteiger partial charge in [-0.25, -0.2) is 0 Å². The molecule has 14 rings (SSSR count). The van der Waals surface area contributed by atoms with E-state index in [2.05, 4.69) is 253 Å². The summed E-state index contributed by atoms with van der Waals surface area (Å²) in [6.45, 7) is 4.16. The van der Waals surface area contributed by atoms with Gasteiger partial charge in [0.1, 0.15) is 11.5 Å². The monoisotopic (exact) mass is 867 g/mol. The highest BCUT2D eigenvalue weighted by Crippen LogP contribution is 2.48. The van der Waals surface area contributed by atoms with Crippen molar-refractivity contribution in [1.29, 1.82) is 0 Å². The van der Waals surface area contributed by atoms with E-state index in [-0.39, 0.29) is 13.4 Å². The fourth-order valence-corrected chi connectivity index (χ4v) is 11.5. The van der Waals surface area contributed by atoms with Crippen molar-refractivity contribution in [2.45, 2.75) is 13.8 Å². The zero-order chi connectivity index (χ0) is 45.0. The SMILES string of the molecule is Cc1ccc(-c2cc3c4c(c2)N(c2ccccc2)c2ccccc2B4c2cc4c(cc2O3)N(c2ccccc2)c2cc(-c3ccc(C)cc3)cc3c2B4c2ccccc2N3c2ccccc2)cc1. The molecule has 0 bridgehead atoms. The van der Waals surface area contributed by atoms with Gasteiger partial charge in [0.05, 0.1) is 0 Å². The maximum Gasteiger partial charge on any atom is 0.256 e. The summed E-state index contributed by atoms with van der Waals surface area (Å²) in [4.78, 5) is 7.43. The van der Waals surface area contributed by atoms with Crippen LogP contribution in [0.2, 0.25) is 0 Å². The first-order chi connectivity index (χ1) is 33.6. The summed E-state index contributed by atoms with van der Waals surface area (Å²) < 4.78 is 7.44. The molecule has 10 aromatic carbocycles. The van der Waals surface area contributed by atoms with Crippen molar-refractivity contribution in [1.82, 2.24) is 0 Å². The van der Waals surface area contributed by atoms with Gasteiger partial charge in [0.2, 0.25) is 0 Å². The molecule has 0 aliphatic carbocycles. The predicted octanol–water partition coefficient (Wildman–Crippen LogP) is 12.1. The average Bonchev–Trinajstić information content (AvgIpc) is 3.39. The first kappa shape index (κ1) is 38.8. The van der Waals surface area contributed by atoms with E-state index in [0.29, 0.717) is 0 Å². The molecule has 0 spiro atoms. The van der Waals surface area contributed by atoms with Crippen LogP contribution in [0.15, 0.2) is 224 Å². The van der Waals surface area contributed by atoms with E-state index in [0.717, 1.165) is 51.1 Å². The van der Waals surface area contributed by atoms with Crippen LogP contribution in [0, 0.1) is 13.8 Å². The number of nitrogens with zero attached hydrogens (tertiary/aromatic N) is 3. The van der Waals surface area contributed by atoms with Crippen molar-refractivity contribution in [2.75, 3.05) is 14.7 Å². The molecule has 0 unspecified atom stereocenters. The third kappa shape index (κ3) is 5.83. The van der Waals surface area contributed by atoms with Crippen LogP contribution in [0.25, 0.3) is 22.3 Å². The molecule has 0 aromatic heterocycles. The van der Waals surface area contributed by atoms with Gasteiger partial charge in [-0.15, -0.1) is 0 Å². The standard InChI is InChI=1S/C62H43B2N3O/c1-40-26-30-42(31-27-40)44-34-56-61-57(35-44)67(48-20-10-5-11-21-48)55-39-59-52(38-51(55)63(61)49-22-12-14-24-53(49)65(56)46-16-6-3-7-17-46)64-50-23-13-15-25-54(50)66(47-18-8-4-9-19-47)58-36-45(37-60(68-59)62(58)64)43-32-28-41(2)29-33-43/h3-39H,1-2H3. The second kappa shape index (κ2) is 15.0. The third-order valence-corrected chi connectivity index (χ3v) is 14.6. The number of fused-ring (bicyclic) bond motifs is 8. The van der Waals surface area contributed by atoms with Crippen molar-refractivity contribution in [2.24, 2.45) is 0 Å². The van der Waals surface area contributed by atoms with Gasteiger partial charge in [-0.2, -0.15) is 0 Å². The minimum atomic E-state index is -0.0770. The van der Waals surface area contributed by atoms with Gasteiger partial charge in [-0.3, -0.25) is 0 Å². The molecule has 4 aliphatic heterocycles. The number of hydrogen-bond acceptors (Lipinski definition) is 4. The molecular weight excluding hydrogens is 824 g/mol. The van der Waals surface area contributed by atoms with Crippen LogP contribution < -0.4 is 52.2 Å². The highest BCUT2D eigenvalue weighted by molar-refractivity contribution is 7.02. The Labute approximate surface area is 398 Å². The van der Waals surface area contributed by atoms with Crippen molar-refractivity contribution < 1.29 is 4.74 Å². The van der Waals surface area contributed by atoms with Crippen LogP contribution in [0.4, 0.5) is 51.2 Å². The van der Waals surface area contributed by atoms with E-state index < -0.39 is 0 Å². The summed E-state index contributed by atoms with van der Waals surface area (Å²) in [5.41, 5.74) is 24.9. The van der Waals surface area contributed by atoms with E-state index >= 15 is 0 Å². The molecule has 4 nitrogen and oxygen atoms in total. The Morgan fingerprint density at radius 2 is 0.706 bits per heavy atom. The molecular formula is C62H43B2N3O. The lowest BCUT2D eigenvalue weighted by atomic mass is 9.30. The molecule has 0 saturated carbocycles. The van der Waals surface area contributed by atoms with Crippen LogP contribution in [-0.4, -0.2) is 13.4 Å². The summed E-state index contributed by atoms with van der Waals surface area (Å²) >= 11 is 0. The second-order valence-corrected chi connectivity index (χ2v) is 18.6. The van der Waals surface area contributed by atoms with Crippen LogP contribution in [-0.2, 0) is 0 Å². The van der Waals surface area contributed by atoms with Crippen molar-refractivity contribution >= 4 is 97.4 Å².